The van der Waals surface area contributed by atoms with Crippen LogP contribution in [-0.2, 0) is 4.79 Å². The van der Waals surface area contributed by atoms with Crippen molar-refractivity contribution in [2.75, 3.05) is 17.6 Å². The molecule has 104 valence electrons. The van der Waals surface area contributed by atoms with Gasteiger partial charge in [-0.3, -0.25) is 4.79 Å². The number of nitrogens with one attached hydrogen (secondary N) is 1. The number of nitrogens with two attached hydrogens (primary N) is 2. The highest BCUT2D eigenvalue weighted by molar-refractivity contribution is 8.00. The molecular formula is C14H21N3OS. The van der Waals surface area contributed by atoms with Crippen molar-refractivity contribution in [2.45, 2.75) is 30.2 Å². The molecule has 1 aromatic rings. The molecular weight excluding hydrogens is 258 g/mol. The first-order chi connectivity index (χ1) is 9.20. The number of primary amides is 1. The average molecular weight is 279 g/mol. The minimum absolute atomic E-state index is 0.291. The van der Waals surface area contributed by atoms with Crippen LogP contribution in [0.1, 0.15) is 19.3 Å². The van der Waals surface area contributed by atoms with Crippen molar-refractivity contribution in [3.05, 3.63) is 24.3 Å². The first-order valence-corrected chi connectivity index (χ1v) is 7.66. The Labute approximate surface area is 118 Å². The van der Waals surface area contributed by atoms with Crippen LogP contribution in [0.2, 0.25) is 0 Å². The van der Waals surface area contributed by atoms with Crippen molar-refractivity contribution >= 4 is 23.4 Å². The van der Waals surface area contributed by atoms with E-state index >= 15 is 0 Å². The van der Waals surface area contributed by atoms with Gasteiger partial charge in [-0.15, -0.1) is 11.8 Å². The van der Waals surface area contributed by atoms with Crippen LogP contribution in [0.25, 0.3) is 0 Å². The fourth-order valence-electron chi connectivity index (χ4n) is 2.57. The van der Waals surface area contributed by atoms with Gasteiger partial charge in [-0.1, -0.05) is 18.6 Å². The van der Waals surface area contributed by atoms with E-state index in [1.807, 2.05) is 18.2 Å². The third-order valence-electron chi connectivity index (χ3n) is 3.56. The number of rotatable bonds is 6. The van der Waals surface area contributed by atoms with E-state index < -0.39 is 0 Å². The largest absolute Gasteiger partial charge is 0.381 e. The SMILES string of the molecule is NCC1CCCC1Nc1ccccc1SCC(N)=O. The standard InChI is InChI=1S/C14H21N3OS/c15-8-10-4-3-6-11(10)17-12-5-1-2-7-13(12)19-9-14(16)18/h1-2,5,7,10-11,17H,3-4,6,8-9,15H2,(H2,16,18). The lowest BCUT2D eigenvalue weighted by atomic mass is 10.0. The molecule has 1 aromatic carbocycles. The van der Waals surface area contributed by atoms with Crippen LogP contribution in [-0.4, -0.2) is 24.2 Å². The smallest absolute Gasteiger partial charge is 0.227 e. The average Bonchev–Trinajstić information content (AvgIpc) is 2.85. The van der Waals surface area contributed by atoms with Crippen molar-refractivity contribution in [2.24, 2.45) is 17.4 Å². The van der Waals surface area contributed by atoms with Crippen LogP contribution in [0.5, 0.6) is 0 Å². The minimum atomic E-state index is -0.291. The molecule has 5 N–H and O–H groups in total. The summed E-state index contributed by atoms with van der Waals surface area (Å²) in [6.07, 6.45) is 3.59. The lowest BCUT2D eigenvalue weighted by Crippen LogP contribution is -2.29. The maximum atomic E-state index is 10.9. The summed E-state index contributed by atoms with van der Waals surface area (Å²) in [6.45, 7) is 0.730. The Morgan fingerprint density at radius 2 is 2.16 bits per heavy atom. The molecule has 4 nitrogen and oxygen atoms in total. The summed E-state index contributed by atoms with van der Waals surface area (Å²) >= 11 is 1.48. The first kappa shape index (κ1) is 14.2. The van der Waals surface area contributed by atoms with E-state index in [0.29, 0.717) is 17.7 Å². The fraction of sp³-hybridized carbons (Fsp3) is 0.500. The molecule has 0 heterocycles. The van der Waals surface area contributed by atoms with Crippen molar-refractivity contribution in [1.82, 2.24) is 0 Å². The van der Waals surface area contributed by atoms with E-state index in [4.69, 9.17) is 11.5 Å². The zero-order chi connectivity index (χ0) is 13.7. The van der Waals surface area contributed by atoms with Gasteiger partial charge in [0.2, 0.25) is 5.91 Å². The van der Waals surface area contributed by atoms with Crippen LogP contribution in [0, 0.1) is 5.92 Å². The second-order valence-corrected chi connectivity index (χ2v) is 5.95. The summed E-state index contributed by atoms with van der Waals surface area (Å²) < 4.78 is 0. The molecule has 2 rings (SSSR count). The van der Waals surface area contributed by atoms with Gasteiger partial charge in [0, 0.05) is 16.6 Å². The molecule has 2 unspecified atom stereocenters. The highest BCUT2D eigenvalue weighted by atomic mass is 32.2. The van der Waals surface area contributed by atoms with Gasteiger partial charge in [-0.25, -0.2) is 0 Å². The zero-order valence-corrected chi connectivity index (χ0v) is 11.8. The van der Waals surface area contributed by atoms with Crippen molar-refractivity contribution in [1.29, 1.82) is 0 Å². The Hall–Kier alpha value is -1.20. The van der Waals surface area contributed by atoms with Crippen LogP contribution in [0.3, 0.4) is 0 Å². The van der Waals surface area contributed by atoms with Gasteiger partial charge >= 0.3 is 0 Å². The fourth-order valence-corrected chi connectivity index (χ4v) is 3.32. The number of para-hydroxylation sites is 1. The van der Waals surface area contributed by atoms with E-state index in [9.17, 15) is 4.79 Å². The molecule has 0 saturated heterocycles. The predicted octanol–water partition coefficient (Wildman–Crippen LogP) is 1.80. The van der Waals surface area contributed by atoms with E-state index in [1.165, 1.54) is 24.6 Å². The highest BCUT2D eigenvalue weighted by Crippen LogP contribution is 2.32. The second-order valence-electron chi connectivity index (χ2n) is 4.93. The zero-order valence-electron chi connectivity index (χ0n) is 11.0. The number of carbonyl (C=O) groups is 1. The topological polar surface area (TPSA) is 81.1 Å². The third-order valence-corrected chi connectivity index (χ3v) is 4.66. The summed E-state index contributed by atoms with van der Waals surface area (Å²) in [5, 5.41) is 3.58. The first-order valence-electron chi connectivity index (χ1n) is 6.67. The molecule has 1 saturated carbocycles. The van der Waals surface area contributed by atoms with E-state index in [-0.39, 0.29) is 5.91 Å². The van der Waals surface area contributed by atoms with Gasteiger partial charge in [-0.05, 0) is 37.4 Å². The molecule has 1 fully saturated rings. The van der Waals surface area contributed by atoms with Gasteiger partial charge in [0.1, 0.15) is 0 Å². The molecule has 0 bridgehead atoms. The summed E-state index contributed by atoms with van der Waals surface area (Å²) in [5.41, 5.74) is 12.1. The van der Waals surface area contributed by atoms with Crippen LogP contribution < -0.4 is 16.8 Å². The van der Waals surface area contributed by atoms with Crippen molar-refractivity contribution < 1.29 is 4.79 Å². The number of thioether (sulfide) groups is 1. The molecule has 2 atom stereocenters. The number of anilines is 1. The van der Waals surface area contributed by atoms with Crippen LogP contribution in [0.15, 0.2) is 29.2 Å². The minimum Gasteiger partial charge on any atom is -0.381 e. The highest BCUT2D eigenvalue weighted by Gasteiger charge is 2.26. The maximum Gasteiger partial charge on any atom is 0.227 e. The Bertz CT molecular complexity index is 438. The Balaban J connectivity index is 2.04. The summed E-state index contributed by atoms with van der Waals surface area (Å²) in [5.74, 6) is 0.568. The lowest BCUT2D eigenvalue weighted by molar-refractivity contribution is -0.115. The van der Waals surface area contributed by atoms with Gasteiger partial charge in [-0.2, -0.15) is 0 Å². The quantitative estimate of drug-likeness (QED) is 0.694. The summed E-state index contributed by atoms with van der Waals surface area (Å²) in [7, 11) is 0. The Morgan fingerprint density at radius 1 is 1.37 bits per heavy atom. The molecule has 0 spiro atoms. The van der Waals surface area contributed by atoms with Gasteiger partial charge in [0.15, 0.2) is 0 Å². The number of hydrogen-bond acceptors (Lipinski definition) is 4. The molecule has 1 amide bonds. The van der Waals surface area contributed by atoms with Gasteiger partial charge in [0.05, 0.1) is 5.75 Å². The molecule has 5 heteroatoms. The summed E-state index contributed by atoms with van der Waals surface area (Å²) in [6, 6.07) is 8.49. The van der Waals surface area contributed by atoms with Crippen LogP contribution in [0.4, 0.5) is 5.69 Å². The number of carbonyl (C=O) groups excluding carboxylic acids is 1. The van der Waals surface area contributed by atoms with Crippen molar-refractivity contribution in [3.8, 4) is 0 Å². The monoisotopic (exact) mass is 279 g/mol. The molecule has 19 heavy (non-hydrogen) atoms. The predicted molar refractivity (Wildman–Crippen MR) is 80.2 cm³/mol. The number of hydrogen-bond donors (Lipinski definition) is 3. The van der Waals surface area contributed by atoms with E-state index in [2.05, 4.69) is 11.4 Å². The lowest BCUT2D eigenvalue weighted by Gasteiger charge is -2.22. The summed E-state index contributed by atoms with van der Waals surface area (Å²) in [4.78, 5) is 12.0. The van der Waals surface area contributed by atoms with Gasteiger partial charge in [0.25, 0.3) is 0 Å². The molecule has 0 aliphatic heterocycles. The van der Waals surface area contributed by atoms with E-state index in [0.717, 1.165) is 23.5 Å². The van der Waals surface area contributed by atoms with Crippen LogP contribution >= 0.6 is 11.8 Å². The molecule has 0 aromatic heterocycles. The van der Waals surface area contributed by atoms with Crippen molar-refractivity contribution in [3.63, 3.8) is 0 Å². The number of amides is 1. The second kappa shape index (κ2) is 6.82. The molecule has 0 radical (unpaired) electrons. The van der Waals surface area contributed by atoms with Gasteiger partial charge < -0.3 is 16.8 Å². The Kier molecular flexibility index (Phi) is 5.10. The van der Waals surface area contributed by atoms with E-state index in [1.54, 1.807) is 0 Å². The Morgan fingerprint density at radius 3 is 2.89 bits per heavy atom. The molecule has 1 aliphatic rings. The molecule has 1 aliphatic carbocycles. The number of benzene rings is 1. The third kappa shape index (κ3) is 3.88. The normalized spacial score (nSPS) is 22.4. The maximum absolute atomic E-state index is 10.9.